The Hall–Kier alpha value is -4.12. The topological polar surface area (TPSA) is 128 Å². The molecule has 0 bridgehead atoms. The number of aliphatic carboxylic acids is 1. The molecule has 192 valence electrons. The molecule has 11 nitrogen and oxygen atoms in total. The second-order valence-corrected chi connectivity index (χ2v) is 7.82. The fraction of sp³-hybridized carbons (Fsp3) is 0.360. The molecule has 0 aliphatic rings. The van der Waals surface area contributed by atoms with Gasteiger partial charge in [-0.2, -0.15) is 15.0 Å². The van der Waals surface area contributed by atoms with Crippen LogP contribution in [0.25, 0.3) is 0 Å². The van der Waals surface area contributed by atoms with E-state index in [4.69, 9.17) is 18.9 Å². The van der Waals surface area contributed by atoms with Crippen molar-refractivity contribution in [1.29, 1.82) is 0 Å². The van der Waals surface area contributed by atoms with Crippen molar-refractivity contribution in [3.05, 3.63) is 54.1 Å². The van der Waals surface area contributed by atoms with Gasteiger partial charge in [0, 0.05) is 27.1 Å². The van der Waals surface area contributed by atoms with Gasteiger partial charge in [0.2, 0.25) is 11.9 Å². The molecule has 11 heteroatoms. The van der Waals surface area contributed by atoms with Crippen molar-refractivity contribution in [3.63, 3.8) is 0 Å². The fourth-order valence-corrected chi connectivity index (χ4v) is 3.11. The van der Waals surface area contributed by atoms with Crippen molar-refractivity contribution in [3.8, 4) is 23.3 Å². The van der Waals surface area contributed by atoms with E-state index in [1.165, 1.54) is 0 Å². The Morgan fingerprint density at radius 2 is 1.67 bits per heavy atom. The predicted octanol–water partition coefficient (Wildman–Crippen LogP) is 3.26. The first-order chi connectivity index (χ1) is 17.4. The average molecular weight is 498 g/mol. The molecule has 1 unspecified atom stereocenters. The van der Waals surface area contributed by atoms with E-state index >= 15 is 0 Å². The summed E-state index contributed by atoms with van der Waals surface area (Å²) in [4.78, 5) is 26.1. The molecule has 0 fully saturated rings. The van der Waals surface area contributed by atoms with Crippen LogP contribution < -0.4 is 24.4 Å². The molecule has 0 saturated heterocycles. The van der Waals surface area contributed by atoms with E-state index in [0.29, 0.717) is 49.6 Å². The molecule has 1 aromatic heterocycles. The van der Waals surface area contributed by atoms with E-state index in [-0.39, 0.29) is 6.01 Å². The maximum absolute atomic E-state index is 11.3. The molecule has 0 radical (unpaired) electrons. The van der Waals surface area contributed by atoms with Crippen LogP contribution in [-0.4, -0.2) is 73.1 Å². The van der Waals surface area contributed by atoms with Crippen molar-refractivity contribution < 1.29 is 28.8 Å². The van der Waals surface area contributed by atoms with E-state index in [0.717, 1.165) is 11.3 Å². The number of anilines is 2. The van der Waals surface area contributed by atoms with Crippen molar-refractivity contribution >= 4 is 17.9 Å². The van der Waals surface area contributed by atoms with Crippen molar-refractivity contribution in [2.75, 3.05) is 51.2 Å². The van der Waals surface area contributed by atoms with E-state index in [1.807, 2.05) is 26.2 Å². The molecule has 0 spiro atoms. The van der Waals surface area contributed by atoms with Gasteiger partial charge < -0.3 is 34.3 Å². The van der Waals surface area contributed by atoms with Gasteiger partial charge in [-0.25, -0.2) is 4.79 Å². The van der Waals surface area contributed by atoms with Gasteiger partial charge in [-0.15, -0.1) is 0 Å². The molecule has 0 saturated carbocycles. The van der Waals surface area contributed by atoms with Gasteiger partial charge in [0.1, 0.15) is 23.9 Å². The predicted molar refractivity (Wildman–Crippen MR) is 134 cm³/mol. The van der Waals surface area contributed by atoms with Gasteiger partial charge in [0.25, 0.3) is 0 Å². The van der Waals surface area contributed by atoms with Gasteiger partial charge in [-0.3, -0.25) is 0 Å². The highest BCUT2D eigenvalue weighted by atomic mass is 16.5. The Labute approximate surface area is 210 Å². The summed E-state index contributed by atoms with van der Waals surface area (Å²) in [6.07, 6.45) is -0.573. The van der Waals surface area contributed by atoms with Crippen LogP contribution in [0.1, 0.15) is 12.5 Å². The number of hydrogen-bond donors (Lipinski definition) is 2. The smallest absolute Gasteiger partial charge is 0.333 e. The number of hydrogen-bond acceptors (Lipinski definition) is 10. The molecule has 2 aromatic carbocycles. The van der Waals surface area contributed by atoms with Crippen molar-refractivity contribution in [2.45, 2.75) is 19.4 Å². The van der Waals surface area contributed by atoms with E-state index in [9.17, 15) is 9.90 Å². The summed E-state index contributed by atoms with van der Waals surface area (Å²) < 4.78 is 22.0. The molecular formula is C25H31N5O6. The molecule has 3 aromatic rings. The molecular weight excluding hydrogens is 466 g/mol. The monoisotopic (exact) mass is 497 g/mol. The molecule has 0 aliphatic heterocycles. The molecule has 2 N–H and O–H groups in total. The largest absolute Gasteiger partial charge is 0.497 e. The third-order valence-electron chi connectivity index (χ3n) is 4.91. The zero-order chi connectivity index (χ0) is 25.9. The Morgan fingerprint density at radius 1 is 1.00 bits per heavy atom. The van der Waals surface area contributed by atoms with Crippen LogP contribution in [0.15, 0.2) is 48.5 Å². The Morgan fingerprint density at radius 3 is 2.28 bits per heavy atom. The first kappa shape index (κ1) is 26.5. The van der Waals surface area contributed by atoms with Crippen LogP contribution in [0.3, 0.4) is 0 Å². The Balaban J connectivity index is 1.54. The van der Waals surface area contributed by atoms with Gasteiger partial charge in [0.15, 0.2) is 6.10 Å². The zero-order valence-corrected chi connectivity index (χ0v) is 20.8. The standard InChI is InChI=1S/C25H31N5O6/c1-5-34-21(22(31)32)16-17-6-8-19(9-7-17)35-15-14-26-23-27-24(30(2)3)29-25(28-23)36-20-12-10-18(33-4)11-13-20/h6-13,21H,5,14-16H2,1-4H3,(H,31,32)(H,26,27,28,29). The van der Waals surface area contributed by atoms with Gasteiger partial charge in [0.05, 0.1) is 13.7 Å². The number of ether oxygens (including phenoxy) is 4. The minimum Gasteiger partial charge on any atom is -0.497 e. The molecule has 36 heavy (non-hydrogen) atoms. The van der Waals surface area contributed by atoms with Crippen LogP contribution >= 0.6 is 0 Å². The number of nitrogens with one attached hydrogen (secondary N) is 1. The van der Waals surface area contributed by atoms with E-state index < -0.39 is 12.1 Å². The summed E-state index contributed by atoms with van der Waals surface area (Å²) in [7, 11) is 5.26. The normalized spacial score (nSPS) is 11.4. The SMILES string of the molecule is CCOC(Cc1ccc(OCCNc2nc(Oc3ccc(OC)cc3)nc(N(C)C)n2)cc1)C(=O)O. The third kappa shape index (κ3) is 7.98. The first-order valence-corrected chi connectivity index (χ1v) is 11.4. The molecule has 0 aliphatic carbocycles. The highest BCUT2D eigenvalue weighted by Crippen LogP contribution is 2.23. The lowest BCUT2D eigenvalue weighted by Crippen LogP contribution is -2.26. The van der Waals surface area contributed by atoms with Crippen LogP contribution in [-0.2, 0) is 16.0 Å². The van der Waals surface area contributed by atoms with E-state index in [1.54, 1.807) is 55.3 Å². The van der Waals surface area contributed by atoms with Gasteiger partial charge in [-0.1, -0.05) is 12.1 Å². The van der Waals surface area contributed by atoms with Crippen LogP contribution in [0.2, 0.25) is 0 Å². The van der Waals surface area contributed by atoms with Crippen LogP contribution in [0.5, 0.6) is 23.3 Å². The lowest BCUT2D eigenvalue weighted by atomic mass is 10.1. The second-order valence-electron chi connectivity index (χ2n) is 7.82. The number of carboxylic acid groups (broad SMARTS) is 1. The highest BCUT2D eigenvalue weighted by Gasteiger charge is 2.17. The summed E-state index contributed by atoms with van der Waals surface area (Å²) in [6, 6.07) is 14.5. The summed E-state index contributed by atoms with van der Waals surface area (Å²) >= 11 is 0. The maximum Gasteiger partial charge on any atom is 0.333 e. The number of nitrogens with zero attached hydrogens (tertiary/aromatic N) is 4. The quantitative estimate of drug-likeness (QED) is 0.318. The van der Waals surface area contributed by atoms with Crippen LogP contribution in [0.4, 0.5) is 11.9 Å². The summed E-state index contributed by atoms with van der Waals surface area (Å²) in [5.74, 6) is 1.78. The number of carbonyl (C=O) groups is 1. The third-order valence-corrected chi connectivity index (χ3v) is 4.91. The van der Waals surface area contributed by atoms with Crippen molar-refractivity contribution in [2.24, 2.45) is 0 Å². The lowest BCUT2D eigenvalue weighted by molar-refractivity contribution is -0.149. The minimum absolute atomic E-state index is 0.157. The number of rotatable bonds is 14. The average Bonchev–Trinajstić information content (AvgIpc) is 2.87. The summed E-state index contributed by atoms with van der Waals surface area (Å²) in [5, 5.41) is 12.4. The van der Waals surface area contributed by atoms with Gasteiger partial charge in [-0.05, 0) is 48.9 Å². The number of carboxylic acids is 1. The number of aromatic nitrogens is 3. The highest BCUT2D eigenvalue weighted by molar-refractivity contribution is 5.72. The summed E-state index contributed by atoms with van der Waals surface area (Å²) in [6.45, 7) is 2.91. The Bertz CT molecular complexity index is 1110. The maximum atomic E-state index is 11.3. The first-order valence-electron chi connectivity index (χ1n) is 11.4. The van der Waals surface area contributed by atoms with Gasteiger partial charge >= 0.3 is 12.0 Å². The van der Waals surface area contributed by atoms with Crippen LogP contribution in [0, 0.1) is 0 Å². The number of methoxy groups -OCH3 is 1. The molecule has 1 heterocycles. The lowest BCUT2D eigenvalue weighted by Gasteiger charge is -2.14. The number of benzene rings is 2. The Kier molecular flexibility index (Phi) is 9.64. The molecule has 3 rings (SSSR count). The second kappa shape index (κ2) is 13.1. The van der Waals surface area contributed by atoms with Crippen molar-refractivity contribution in [1.82, 2.24) is 15.0 Å². The minimum atomic E-state index is -0.975. The molecule has 1 atom stereocenters. The van der Waals surface area contributed by atoms with E-state index in [2.05, 4.69) is 20.3 Å². The summed E-state index contributed by atoms with van der Waals surface area (Å²) in [5.41, 5.74) is 0.854. The molecule has 0 amide bonds. The fourth-order valence-electron chi connectivity index (χ4n) is 3.11. The zero-order valence-electron chi connectivity index (χ0n) is 20.8.